The van der Waals surface area contributed by atoms with E-state index in [1.54, 1.807) is 11.3 Å². The molecule has 166 valence electrons. The van der Waals surface area contributed by atoms with Crippen LogP contribution in [0.4, 0.5) is 11.4 Å². The fourth-order valence-corrected chi connectivity index (χ4v) is 3.89. The van der Waals surface area contributed by atoms with E-state index in [1.165, 1.54) is 5.56 Å². The maximum atomic E-state index is 12.3. The Bertz CT molecular complexity index is 1190. The molecule has 6 heteroatoms. The summed E-state index contributed by atoms with van der Waals surface area (Å²) in [5.74, 6) is 2.02. The van der Waals surface area contributed by atoms with Crippen molar-refractivity contribution < 1.29 is 9.53 Å². The third kappa shape index (κ3) is 6.79. The Morgan fingerprint density at radius 3 is 2.30 bits per heavy atom. The number of thiophene rings is 1. The molecule has 0 radical (unpaired) electrons. The van der Waals surface area contributed by atoms with Crippen molar-refractivity contribution in [3.05, 3.63) is 107 Å². The van der Waals surface area contributed by atoms with Crippen LogP contribution in [0.5, 0.6) is 11.5 Å². The lowest BCUT2D eigenvalue weighted by Crippen LogP contribution is -2.11. The molecule has 0 unspecified atom stereocenters. The summed E-state index contributed by atoms with van der Waals surface area (Å²) in [4.78, 5) is 17.7. The van der Waals surface area contributed by atoms with Gasteiger partial charge in [0.05, 0.1) is 10.6 Å². The molecule has 1 amide bonds. The van der Waals surface area contributed by atoms with E-state index in [-0.39, 0.29) is 5.91 Å². The molecule has 33 heavy (non-hydrogen) atoms. The number of ether oxygens (including phenoxy) is 1. The predicted octanol–water partition coefficient (Wildman–Crippen LogP) is 6.54. The minimum atomic E-state index is -0.00308. The first-order valence-electron chi connectivity index (χ1n) is 10.8. The molecule has 0 aliphatic rings. The molecule has 0 bridgehead atoms. The van der Waals surface area contributed by atoms with Gasteiger partial charge in [-0.3, -0.25) is 4.79 Å². The minimum absolute atomic E-state index is 0.00308. The summed E-state index contributed by atoms with van der Waals surface area (Å²) in [5.41, 5.74) is 8.78. The van der Waals surface area contributed by atoms with E-state index in [0.717, 1.165) is 40.6 Å². The molecular formula is C27H25N3O2S. The van der Waals surface area contributed by atoms with Crippen LogP contribution in [0.1, 0.15) is 23.3 Å². The van der Waals surface area contributed by atoms with Gasteiger partial charge in [0.1, 0.15) is 17.3 Å². The van der Waals surface area contributed by atoms with Gasteiger partial charge >= 0.3 is 0 Å². The van der Waals surface area contributed by atoms with Gasteiger partial charge in [-0.2, -0.15) is 0 Å². The van der Waals surface area contributed by atoms with E-state index in [9.17, 15) is 4.79 Å². The average Bonchev–Trinajstić information content (AvgIpc) is 3.38. The smallest absolute Gasteiger partial charge is 0.224 e. The van der Waals surface area contributed by atoms with Crippen LogP contribution >= 0.6 is 11.3 Å². The summed E-state index contributed by atoms with van der Waals surface area (Å²) >= 11 is 1.57. The Balaban J connectivity index is 1.21. The Hall–Kier alpha value is -3.90. The van der Waals surface area contributed by atoms with E-state index < -0.39 is 0 Å². The number of para-hydroxylation sites is 1. The summed E-state index contributed by atoms with van der Waals surface area (Å²) in [6.07, 6.45) is 2.04. The monoisotopic (exact) mass is 455 g/mol. The van der Waals surface area contributed by atoms with Gasteiger partial charge in [0, 0.05) is 12.1 Å². The van der Waals surface area contributed by atoms with Gasteiger partial charge in [0.2, 0.25) is 5.91 Å². The molecule has 0 atom stereocenters. The first kappa shape index (κ1) is 22.3. The molecule has 4 aromatic rings. The molecule has 3 aromatic carbocycles. The van der Waals surface area contributed by atoms with Crippen LogP contribution < -0.4 is 15.8 Å². The number of rotatable bonds is 9. The number of amidine groups is 1. The van der Waals surface area contributed by atoms with Gasteiger partial charge in [0.15, 0.2) is 0 Å². The van der Waals surface area contributed by atoms with E-state index in [4.69, 9.17) is 10.5 Å². The van der Waals surface area contributed by atoms with Crippen molar-refractivity contribution in [2.24, 2.45) is 10.7 Å². The lowest BCUT2D eigenvalue weighted by Gasteiger charge is -2.08. The molecule has 3 N–H and O–H groups in total. The number of carbonyl (C=O) groups is 1. The highest BCUT2D eigenvalue weighted by Gasteiger charge is 2.05. The van der Waals surface area contributed by atoms with E-state index >= 15 is 0 Å². The highest BCUT2D eigenvalue weighted by molar-refractivity contribution is 7.12. The van der Waals surface area contributed by atoms with Crippen LogP contribution in [0.25, 0.3) is 0 Å². The van der Waals surface area contributed by atoms with E-state index in [0.29, 0.717) is 12.3 Å². The molecule has 0 aliphatic heterocycles. The predicted molar refractivity (Wildman–Crippen MR) is 136 cm³/mol. The maximum absolute atomic E-state index is 12.3. The molecule has 0 fully saturated rings. The van der Waals surface area contributed by atoms with Crippen molar-refractivity contribution in [3.8, 4) is 11.5 Å². The van der Waals surface area contributed by atoms with Crippen LogP contribution in [0, 0.1) is 0 Å². The summed E-state index contributed by atoms with van der Waals surface area (Å²) in [7, 11) is 0. The van der Waals surface area contributed by atoms with Gasteiger partial charge in [-0.25, -0.2) is 4.99 Å². The lowest BCUT2D eigenvalue weighted by atomic mass is 10.1. The van der Waals surface area contributed by atoms with Crippen LogP contribution in [0.3, 0.4) is 0 Å². The van der Waals surface area contributed by atoms with Crippen molar-refractivity contribution in [1.82, 2.24) is 0 Å². The van der Waals surface area contributed by atoms with Crippen molar-refractivity contribution in [2.75, 3.05) is 5.32 Å². The minimum Gasteiger partial charge on any atom is -0.457 e. The lowest BCUT2D eigenvalue weighted by molar-refractivity contribution is -0.116. The number of amides is 1. The van der Waals surface area contributed by atoms with Crippen LogP contribution in [-0.2, 0) is 11.2 Å². The number of nitrogens with zero attached hydrogens (tertiary/aromatic N) is 1. The molecule has 0 aliphatic carbocycles. The number of benzene rings is 3. The largest absolute Gasteiger partial charge is 0.457 e. The molecular weight excluding hydrogens is 430 g/mol. The fourth-order valence-electron chi connectivity index (χ4n) is 3.26. The second kappa shape index (κ2) is 11.1. The average molecular weight is 456 g/mol. The molecule has 5 nitrogen and oxygen atoms in total. The van der Waals surface area contributed by atoms with Crippen LogP contribution in [0.2, 0.25) is 0 Å². The number of anilines is 1. The number of nitrogens with two attached hydrogens (primary N) is 1. The van der Waals surface area contributed by atoms with Gasteiger partial charge in [0.25, 0.3) is 0 Å². The molecule has 1 aromatic heterocycles. The Labute approximate surface area is 197 Å². The zero-order chi connectivity index (χ0) is 22.9. The van der Waals surface area contributed by atoms with Crippen LogP contribution in [-0.4, -0.2) is 11.7 Å². The van der Waals surface area contributed by atoms with Crippen molar-refractivity contribution in [3.63, 3.8) is 0 Å². The summed E-state index contributed by atoms with van der Waals surface area (Å²) in [6, 6.07) is 28.9. The number of hydrogen-bond acceptors (Lipinski definition) is 4. The second-order valence-electron chi connectivity index (χ2n) is 7.48. The van der Waals surface area contributed by atoms with Gasteiger partial charge in [-0.1, -0.05) is 36.4 Å². The van der Waals surface area contributed by atoms with E-state index in [2.05, 4.69) is 10.3 Å². The van der Waals surface area contributed by atoms with Crippen molar-refractivity contribution in [2.45, 2.75) is 19.3 Å². The third-order valence-corrected chi connectivity index (χ3v) is 5.84. The van der Waals surface area contributed by atoms with Crippen molar-refractivity contribution in [1.29, 1.82) is 0 Å². The molecule has 0 saturated carbocycles. The zero-order valence-corrected chi connectivity index (χ0v) is 18.9. The second-order valence-corrected chi connectivity index (χ2v) is 8.43. The molecule has 1 heterocycles. The van der Waals surface area contributed by atoms with E-state index in [1.807, 2.05) is 96.4 Å². The maximum Gasteiger partial charge on any atom is 0.224 e. The number of hydrogen-bond donors (Lipinski definition) is 2. The topological polar surface area (TPSA) is 76.7 Å². The standard InChI is InChI=1S/C27H25N3O2S/c28-27(25-9-5-19-33-25)30-22-13-11-20(12-14-22)6-4-10-26(31)29-21-15-17-24(18-16-21)32-23-7-2-1-3-8-23/h1-3,5,7-9,11-19H,4,6,10H2,(H2,28,30)(H,29,31). The third-order valence-electron chi connectivity index (χ3n) is 4.95. The molecule has 0 spiro atoms. The first-order valence-corrected chi connectivity index (χ1v) is 11.6. The SMILES string of the molecule is N/C(=N\c1ccc(CCCC(=O)Nc2ccc(Oc3ccccc3)cc2)cc1)c1cccs1. The number of aliphatic imine (C=N–C) groups is 1. The zero-order valence-electron chi connectivity index (χ0n) is 18.1. The number of nitrogens with one attached hydrogen (secondary N) is 1. The Kier molecular flexibility index (Phi) is 7.51. The molecule has 4 rings (SSSR count). The van der Waals surface area contributed by atoms with Gasteiger partial charge < -0.3 is 15.8 Å². The summed E-state index contributed by atoms with van der Waals surface area (Å²) in [6.45, 7) is 0. The van der Waals surface area contributed by atoms with Crippen LogP contribution in [0.15, 0.2) is 101 Å². The summed E-state index contributed by atoms with van der Waals surface area (Å²) in [5, 5.41) is 4.92. The van der Waals surface area contributed by atoms with Gasteiger partial charge in [-0.05, 0) is 78.4 Å². The number of carbonyl (C=O) groups excluding carboxylic acids is 1. The van der Waals surface area contributed by atoms with Gasteiger partial charge in [-0.15, -0.1) is 11.3 Å². The number of aryl methyl sites for hydroxylation is 1. The molecule has 0 saturated heterocycles. The highest BCUT2D eigenvalue weighted by Crippen LogP contribution is 2.23. The summed E-state index contributed by atoms with van der Waals surface area (Å²) < 4.78 is 5.77. The Morgan fingerprint density at radius 1 is 0.879 bits per heavy atom. The quantitative estimate of drug-likeness (QED) is 0.222. The fraction of sp³-hybridized carbons (Fsp3) is 0.111. The first-order chi connectivity index (χ1) is 16.2. The van der Waals surface area contributed by atoms with Crippen molar-refractivity contribution >= 4 is 34.5 Å². The Morgan fingerprint density at radius 2 is 1.61 bits per heavy atom. The normalized spacial score (nSPS) is 11.2. The highest BCUT2D eigenvalue weighted by atomic mass is 32.1.